The number of aliphatic hydroxyl groups is 1. The molecule has 0 radical (unpaired) electrons. The highest BCUT2D eigenvalue weighted by Crippen LogP contribution is 2.23. The van der Waals surface area contributed by atoms with Crippen LogP contribution in [0.3, 0.4) is 0 Å². The molecule has 0 aliphatic carbocycles. The van der Waals surface area contributed by atoms with Crippen LogP contribution in [0.25, 0.3) is 0 Å². The van der Waals surface area contributed by atoms with E-state index in [4.69, 9.17) is 0 Å². The van der Waals surface area contributed by atoms with Gasteiger partial charge in [-0.2, -0.15) is 11.3 Å². The van der Waals surface area contributed by atoms with Gasteiger partial charge in [0.05, 0.1) is 11.0 Å². The van der Waals surface area contributed by atoms with Gasteiger partial charge in [0.25, 0.3) is 0 Å². The first kappa shape index (κ1) is 15.7. The zero-order valence-corrected chi connectivity index (χ0v) is 13.9. The molecule has 0 amide bonds. The summed E-state index contributed by atoms with van der Waals surface area (Å²) in [4.78, 5) is 0.167. The van der Waals surface area contributed by atoms with E-state index in [1.165, 1.54) is 11.3 Å². The molecule has 2 aromatic rings. The van der Waals surface area contributed by atoms with Crippen LogP contribution in [0.2, 0.25) is 0 Å². The Bertz CT molecular complexity index is 684. The standard InChI is InChI=1S/C13H14BrNO3S2/c1-9-2-3-13(11(14)6-9)20(17,18)15-7-12(16)10-4-5-19-8-10/h2-6,8,12,15-16H,7H2,1H3. The van der Waals surface area contributed by atoms with Gasteiger partial charge in [0.15, 0.2) is 0 Å². The Balaban J connectivity index is 2.11. The zero-order chi connectivity index (χ0) is 14.8. The smallest absolute Gasteiger partial charge is 0.241 e. The Kier molecular flexibility index (Phi) is 4.98. The second-order valence-corrected chi connectivity index (χ2v) is 7.73. The van der Waals surface area contributed by atoms with Gasteiger partial charge in [0.1, 0.15) is 0 Å². The summed E-state index contributed by atoms with van der Waals surface area (Å²) in [6, 6.07) is 6.78. The largest absolute Gasteiger partial charge is 0.387 e. The van der Waals surface area contributed by atoms with Gasteiger partial charge in [0.2, 0.25) is 10.0 Å². The summed E-state index contributed by atoms with van der Waals surface area (Å²) in [6.07, 6.45) is -0.847. The van der Waals surface area contributed by atoms with Gasteiger partial charge < -0.3 is 5.11 Å². The Morgan fingerprint density at radius 3 is 2.75 bits per heavy atom. The van der Waals surface area contributed by atoms with Gasteiger partial charge in [-0.3, -0.25) is 0 Å². The Hall–Kier alpha value is -0.730. The van der Waals surface area contributed by atoms with Crippen LogP contribution in [0.1, 0.15) is 17.2 Å². The van der Waals surface area contributed by atoms with Crippen LogP contribution in [-0.4, -0.2) is 20.1 Å². The van der Waals surface area contributed by atoms with E-state index in [-0.39, 0.29) is 11.4 Å². The number of aryl methyl sites for hydroxylation is 1. The van der Waals surface area contributed by atoms with Gasteiger partial charge in [-0.05, 0) is 62.9 Å². The molecule has 1 unspecified atom stereocenters. The van der Waals surface area contributed by atoms with Crippen molar-refractivity contribution in [2.45, 2.75) is 17.9 Å². The van der Waals surface area contributed by atoms with Crippen molar-refractivity contribution in [2.75, 3.05) is 6.54 Å². The molecule has 0 aliphatic rings. The van der Waals surface area contributed by atoms with Crippen molar-refractivity contribution in [3.8, 4) is 0 Å². The molecule has 0 fully saturated rings. The minimum atomic E-state index is -3.65. The molecule has 1 aromatic carbocycles. The molecule has 2 N–H and O–H groups in total. The Morgan fingerprint density at radius 2 is 2.15 bits per heavy atom. The summed E-state index contributed by atoms with van der Waals surface area (Å²) >= 11 is 4.71. The summed E-state index contributed by atoms with van der Waals surface area (Å²) in [5.41, 5.74) is 1.68. The highest BCUT2D eigenvalue weighted by atomic mass is 79.9. The molecular weight excluding hydrogens is 362 g/mol. The molecule has 7 heteroatoms. The van der Waals surface area contributed by atoms with Gasteiger partial charge in [-0.15, -0.1) is 0 Å². The summed E-state index contributed by atoms with van der Waals surface area (Å²) in [5, 5.41) is 13.5. The third-order valence-corrected chi connectivity index (χ3v) is 5.87. The van der Waals surface area contributed by atoms with Gasteiger partial charge in [-0.25, -0.2) is 13.1 Å². The first-order chi connectivity index (χ1) is 9.40. The van der Waals surface area contributed by atoms with Crippen LogP contribution < -0.4 is 4.72 Å². The second-order valence-electron chi connectivity index (χ2n) is 4.36. The molecule has 2 rings (SSSR count). The third-order valence-electron chi connectivity index (χ3n) is 2.77. The number of aliphatic hydroxyl groups excluding tert-OH is 1. The number of hydrogen-bond acceptors (Lipinski definition) is 4. The summed E-state index contributed by atoms with van der Waals surface area (Å²) in [5.74, 6) is 0. The first-order valence-corrected chi connectivity index (χ1v) is 9.08. The monoisotopic (exact) mass is 375 g/mol. The van der Waals surface area contributed by atoms with Crippen molar-refractivity contribution in [1.29, 1.82) is 0 Å². The van der Waals surface area contributed by atoms with Crippen LogP contribution in [0.15, 0.2) is 44.4 Å². The van der Waals surface area contributed by atoms with Crippen molar-refractivity contribution in [1.82, 2.24) is 4.72 Å². The lowest BCUT2D eigenvalue weighted by atomic mass is 10.2. The minimum Gasteiger partial charge on any atom is -0.387 e. The van der Waals surface area contributed by atoms with Crippen molar-refractivity contribution < 1.29 is 13.5 Å². The maximum Gasteiger partial charge on any atom is 0.241 e. The van der Waals surface area contributed by atoms with E-state index < -0.39 is 16.1 Å². The molecule has 1 aromatic heterocycles. The van der Waals surface area contributed by atoms with E-state index in [9.17, 15) is 13.5 Å². The number of benzene rings is 1. The SMILES string of the molecule is Cc1ccc(S(=O)(=O)NCC(O)c2ccsc2)c(Br)c1. The number of sulfonamides is 1. The fraction of sp³-hybridized carbons (Fsp3) is 0.231. The number of rotatable bonds is 5. The second kappa shape index (κ2) is 6.36. The van der Waals surface area contributed by atoms with Crippen LogP contribution in [-0.2, 0) is 10.0 Å². The van der Waals surface area contributed by atoms with Gasteiger partial charge in [0, 0.05) is 11.0 Å². The maximum atomic E-state index is 12.2. The molecule has 20 heavy (non-hydrogen) atoms. The lowest BCUT2D eigenvalue weighted by Crippen LogP contribution is -2.28. The average molecular weight is 376 g/mol. The van der Waals surface area contributed by atoms with E-state index >= 15 is 0 Å². The fourth-order valence-corrected chi connectivity index (χ4v) is 4.61. The molecular formula is C13H14BrNO3S2. The molecule has 0 bridgehead atoms. The van der Waals surface area contributed by atoms with Crippen molar-refractivity contribution in [2.24, 2.45) is 0 Å². The molecule has 4 nitrogen and oxygen atoms in total. The van der Waals surface area contributed by atoms with Crippen LogP contribution >= 0.6 is 27.3 Å². The highest BCUT2D eigenvalue weighted by Gasteiger charge is 2.19. The average Bonchev–Trinajstić information content (AvgIpc) is 2.89. The molecule has 0 saturated carbocycles. The van der Waals surface area contributed by atoms with Crippen LogP contribution in [0.5, 0.6) is 0 Å². The highest BCUT2D eigenvalue weighted by molar-refractivity contribution is 9.10. The van der Waals surface area contributed by atoms with Crippen molar-refractivity contribution in [3.63, 3.8) is 0 Å². The van der Waals surface area contributed by atoms with Crippen LogP contribution in [0.4, 0.5) is 0 Å². The fourth-order valence-electron chi connectivity index (χ4n) is 1.67. The molecule has 1 atom stereocenters. The number of nitrogens with one attached hydrogen (secondary N) is 1. The summed E-state index contributed by atoms with van der Waals surface area (Å²) in [7, 11) is -3.65. The predicted molar refractivity (Wildman–Crippen MR) is 83.3 cm³/mol. The molecule has 0 spiro atoms. The zero-order valence-electron chi connectivity index (χ0n) is 10.7. The van der Waals surface area contributed by atoms with E-state index in [1.54, 1.807) is 29.6 Å². The molecule has 0 saturated heterocycles. The predicted octanol–water partition coefficient (Wildman–Crippen LogP) is 2.83. The summed E-state index contributed by atoms with van der Waals surface area (Å²) in [6.45, 7) is 1.83. The van der Waals surface area contributed by atoms with Gasteiger partial charge >= 0.3 is 0 Å². The normalized spacial score (nSPS) is 13.3. The molecule has 108 valence electrons. The topological polar surface area (TPSA) is 66.4 Å². The lowest BCUT2D eigenvalue weighted by Gasteiger charge is -2.12. The van der Waals surface area contributed by atoms with Crippen molar-refractivity contribution >= 4 is 37.3 Å². The maximum absolute atomic E-state index is 12.2. The number of halogens is 1. The third kappa shape index (κ3) is 3.67. The van der Waals surface area contributed by atoms with Gasteiger partial charge in [-0.1, -0.05) is 6.07 Å². The van der Waals surface area contributed by atoms with E-state index in [1.807, 2.05) is 12.3 Å². The number of hydrogen-bond donors (Lipinski definition) is 2. The van der Waals surface area contributed by atoms with E-state index in [0.717, 1.165) is 5.56 Å². The molecule has 0 aliphatic heterocycles. The summed E-state index contributed by atoms with van der Waals surface area (Å²) < 4.78 is 27.3. The Labute approximate surface area is 130 Å². The van der Waals surface area contributed by atoms with Crippen LogP contribution in [0, 0.1) is 6.92 Å². The quantitative estimate of drug-likeness (QED) is 0.844. The number of thiophene rings is 1. The lowest BCUT2D eigenvalue weighted by molar-refractivity contribution is 0.182. The van der Waals surface area contributed by atoms with E-state index in [2.05, 4.69) is 20.7 Å². The minimum absolute atomic E-state index is 0.0562. The van der Waals surface area contributed by atoms with Crippen molar-refractivity contribution in [3.05, 3.63) is 50.6 Å². The Morgan fingerprint density at radius 1 is 1.40 bits per heavy atom. The molecule has 1 heterocycles. The van der Waals surface area contributed by atoms with E-state index in [0.29, 0.717) is 10.0 Å². The first-order valence-electron chi connectivity index (χ1n) is 5.86.